The number of carbonyl (C=O) groups excluding carboxylic acids is 1. The SMILES string of the molecule is NC(CC(=O)Nc1ccc(Cl)cc1I)C1CC1. The minimum Gasteiger partial charge on any atom is -0.327 e. The Kier molecular flexibility index (Phi) is 4.27. The van der Waals surface area contributed by atoms with E-state index >= 15 is 0 Å². The van der Waals surface area contributed by atoms with Crippen LogP contribution in [0, 0.1) is 9.49 Å². The first-order valence-electron chi connectivity index (χ1n) is 5.57. The molecule has 0 spiro atoms. The van der Waals surface area contributed by atoms with Crippen molar-refractivity contribution in [3.63, 3.8) is 0 Å². The van der Waals surface area contributed by atoms with Crippen LogP contribution in [0.3, 0.4) is 0 Å². The molecule has 5 heteroatoms. The van der Waals surface area contributed by atoms with Crippen LogP contribution in [0.4, 0.5) is 5.69 Å². The zero-order valence-corrected chi connectivity index (χ0v) is 12.2. The zero-order chi connectivity index (χ0) is 12.4. The Morgan fingerprint density at radius 2 is 2.29 bits per heavy atom. The summed E-state index contributed by atoms with van der Waals surface area (Å²) < 4.78 is 0.934. The summed E-state index contributed by atoms with van der Waals surface area (Å²) in [5, 5.41) is 3.53. The molecule has 1 unspecified atom stereocenters. The highest BCUT2D eigenvalue weighted by Gasteiger charge is 2.29. The van der Waals surface area contributed by atoms with E-state index in [1.807, 2.05) is 12.1 Å². The molecule has 1 saturated carbocycles. The van der Waals surface area contributed by atoms with Crippen molar-refractivity contribution in [3.8, 4) is 0 Å². The van der Waals surface area contributed by atoms with Gasteiger partial charge in [0.25, 0.3) is 0 Å². The molecule has 0 bridgehead atoms. The Morgan fingerprint density at radius 1 is 1.59 bits per heavy atom. The maximum atomic E-state index is 11.8. The summed E-state index contributed by atoms with van der Waals surface area (Å²) in [7, 11) is 0. The first-order chi connectivity index (χ1) is 8.06. The number of anilines is 1. The number of nitrogens with two attached hydrogens (primary N) is 1. The summed E-state index contributed by atoms with van der Waals surface area (Å²) in [5.41, 5.74) is 6.71. The number of nitrogens with one attached hydrogen (secondary N) is 1. The maximum absolute atomic E-state index is 11.8. The molecule has 0 aliphatic heterocycles. The maximum Gasteiger partial charge on any atom is 0.225 e. The molecule has 0 aromatic heterocycles. The highest BCUT2D eigenvalue weighted by molar-refractivity contribution is 14.1. The van der Waals surface area contributed by atoms with E-state index in [-0.39, 0.29) is 11.9 Å². The lowest BCUT2D eigenvalue weighted by atomic mass is 10.1. The molecule has 1 aliphatic carbocycles. The van der Waals surface area contributed by atoms with Gasteiger partial charge in [-0.05, 0) is 59.5 Å². The molecule has 1 atom stereocenters. The predicted octanol–water partition coefficient (Wildman–Crippen LogP) is 3.01. The fraction of sp³-hybridized carbons (Fsp3) is 0.417. The molecule has 1 aromatic carbocycles. The topological polar surface area (TPSA) is 55.1 Å². The summed E-state index contributed by atoms with van der Waals surface area (Å²) in [4.78, 5) is 11.8. The third-order valence-corrected chi connectivity index (χ3v) is 3.98. The number of rotatable bonds is 4. The number of amides is 1. The number of halogens is 2. The van der Waals surface area contributed by atoms with Crippen LogP contribution >= 0.6 is 34.2 Å². The van der Waals surface area contributed by atoms with Crippen molar-refractivity contribution in [2.75, 3.05) is 5.32 Å². The van der Waals surface area contributed by atoms with Crippen molar-refractivity contribution in [3.05, 3.63) is 26.8 Å². The number of carbonyl (C=O) groups is 1. The normalized spacial score (nSPS) is 16.6. The Balaban J connectivity index is 1.92. The highest BCUT2D eigenvalue weighted by atomic mass is 127. The molecular weight excluding hydrogens is 351 g/mol. The van der Waals surface area contributed by atoms with Crippen molar-refractivity contribution < 1.29 is 4.79 Å². The molecule has 3 N–H and O–H groups in total. The van der Waals surface area contributed by atoms with Crippen LogP contribution in [0.25, 0.3) is 0 Å². The molecule has 1 aromatic rings. The lowest BCUT2D eigenvalue weighted by Crippen LogP contribution is -2.29. The van der Waals surface area contributed by atoms with Crippen LogP contribution in [0.2, 0.25) is 5.02 Å². The van der Waals surface area contributed by atoms with Crippen LogP contribution in [-0.4, -0.2) is 11.9 Å². The third-order valence-electron chi connectivity index (χ3n) is 2.85. The molecule has 92 valence electrons. The van der Waals surface area contributed by atoms with Crippen LogP contribution in [0.15, 0.2) is 18.2 Å². The smallest absolute Gasteiger partial charge is 0.225 e. The van der Waals surface area contributed by atoms with E-state index in [9.17, 15) is 4.79 Å². The molecule has 0 heterocycles. The van der Waals surface area contributed by atoms with Gasteiger partial charge in [-0.25, -0.2) is 0 Å². The molecule has 0 radical (unpaired) electrons. The summed E-state index contributed by atoms with van der Waals surface area (Å²) in [6.07, 6.45) is 2.71. The van der Waals surface area contributed by atoms with Crippen LogP contribution in [0.5, 0.6) is 0 Å². The standard InChI is InChI=1S/C12H14ClIN2O/c13-8-3-4-11(9(14)5-8)16-12(17)6-10(15)7-1-2-7/h3-5,7,10H,1-2,6,15H2,(H,16,17). The lowest BCUT2D eigenvalue weighted by molar-refractivity contribution is -0.116. The van der Waals surface area contributed by atoms with E-state index in [0.717, 1.165) is 22.1 Å². The second kappa shape index (κ2) is 5.54. The number of hydrogen-bond donors (Lipinski definition) is 2. The molecule has 17 heavy (non-hydrogen) atoms. The van der Waals surface area contributed by atoms with Gasteiger partial charge in [0, 0.05) is 21.1 Å². The second-order valence-electron chi connectivity index (χ2n) is 4.38. The first kappa shape index (κ1) is 13.1. The largest absolute Gasteiger partial charge is 0.327 e. The van der Waals surface area contributed by atoms with E-state index in [0.29, 0.717) is 17.4 Å². The monoisotopic (exact) mass is 364 g/mol. The van der Waals surface area contributed by atoms with Crippen molar-refractivity contribution in [1.82, 2.24) is 0 Å². The molecule has 1 fully saturated rings. The van der Waals surface area contributed by atoms with E-state index < -0.39 is 0 Å². The summed E-state index contributed by atoms with van der Waals surface area (Å²) in [6, 6.07) is 5.39. The van der Waals surface area contributed by atoms with Gasteiger partial charge in [-0.15, -0.1) is 0 Å². The molecule has 1 aliphatic rings. The van der Waals surface area contributed by atoms with Gasteiger partial charge < -0.3 is 11.1 Å². The van der Waals surface area contributed by atoms with Crippen molar-refractivity contribution >= 4 is 45.8 Å². The van der Waals surface area contributed by atoms with Crippen LogP contribution < -0.4 is 11.1 Å². The van der Waals surface area contributed by atoms with Crippen molar-refractivity contribution in [2.45, 2.75) is 25.3 Å². The van der Waals surface area contributed by atoms with Gasteiger partial charge >= 0.3 is 0 Å². The van der Waals surface area contributed by atoms with Crippen LogP contribution in [-0.2, 0) is 4.79 Å². The van der Waals surface area contributed by atoms with Crippen LogP contribution in [0.1, 0.15) is 19.3 Å². The molecule has 2 rings (SSSR count). The fourth-order valence-electron chi connectivity index (χ4n) is 1.70. The predicted molar refractivity (Wildman–Crippen MR) is 78.1 cm³/mol. The summed E-state index contributed by atoms with van der Waals surface area (Å²) in [6.45, 7) is 0. The Bertz CT molecular complexity index is 435. The molecule has 0 saturated heterocycles. The van der Waals surface area contributed by atoms with E-state index in [1.165, 1.54) is 0 Å². The molecule has 3 nitrogen and oxygen atoms in total. The Hall–Kier alpha value is -0.330. The minimum atomic E-state index is -0.0235. The van der Waals surface area contributed by atoms with E-state index in [2.05, 4.69) is 27.9 Å². The zero-order valence-electron chi connectivity index (χ0n) is 9.25. The van der Waals surface area contributed by atoms with E-state index in [1.54, 1.807) is 6.07 Å². The van der Waals surface area contributed by atoms with Gasteiger partial charge in [0.15, 0.2) is 0 Å². The third kappa shape index (κ3) is 3.82. The minimum absolute atomic E-state index is 0.0000357. The number of benzene rings is 1. The summed E-state index contributed by atoms with van der Waals surface area (Å²) >= 11 is 8.00. The quantitative estimate of drug-likeness (QED) is 0.807. The van der Waals surface area contributed by atoms with E-state index in [4.69, 9.17) is 17.3 Å². The molecule has 1 amide bonds. The Morgan fingerprint density at radius 3 is 2.88 bits per heavy atom. The van der Waals surface area contributed by atoms with Gasteiger partial charge in [-0.1, -0.05) is 11.6 Å². The van der Waals surface area contributed by atoms with Crippen molar-refractivity contribution in [2.24, 2.45) is 11.7 Å². The van der Waals surface area contributed by atoms with Gasteiger partial charge in [-0.2, -0.15) is 0 Å². The lowest BCUT2D eigenvalue weighted by Gasteiger charge is -2.11. The first-order valence-corrected chi connectivity index (χ1v) is 7.02. The summed E-state index contributed by atoms with van der Waals surface area (Å²) in [5.74, 6) is 0.523. The average Bonchev–Trinajstić information content (AvgIpc) is 3.05. The van der Waals surface area contributed by atoms with Gasteiger partial charge in [-0.3, -0.25) is 4.79 Å². The molecular formula is C12H14ClIN2O. The average molecular weight is 365 g/mol. The number of hydrogen-bond acceptors (Lipinski definition) is 2. The Labute approximate surface area is 119 Å². The van der Waals surface area contributed by atoms with Gasteiger partial charge in [0.2, 0.25) is 5.91 Å². The van der Waals surface area contributed by atoms with Crippen molar-refractivity contribution in [1.29, 1.82) is 0 Å². The second-order valence-corrected chi connectivity index (χ2v) is 5.98. The highest BCUT2D eigenvalue weighted by Crippen LogP contribution is 2.33. The van der Waals surface area contributed by atoms with Gasteiger partial charge in [0.05, 0.1) is 5.69 Å². The van der Waals surface area contributed by atoms with Gasteiger partial charge in [0.1, 0.15) is 0 Å². The fourth-order valence-corrected chi connectivity index (χ4v) is 2.70.